The van der Waals surface area contributed by atoms with Crippen LogP contribution in [0.15, 0.2) is 47.5 Å². The maximum Gasteiger partial charge on any atom is 0.459 e. The minimum Gasteiger partial charge on any atom is -0.462 e. The number of nitrogens with zero attached hydrogens (tertiary/aromatic N) is 2. The number of aromatic nitrogens is 2. The lowest BCUT2D eigenvalue weighted by atomic mass is 9.96. The van der Waals surface area contributed by atoms with Gasteiger partial charge in [-0.15, -0.1) is 0 Å². The van der Waals surface area contributed by atoms with Crippen molar-refractivity contribution in [1.82, 2.24) is 14.6 Å². The number of hydrogen-bond donors (Lipinski definition) is 4. The Balaban J connectivity index is 1.81. The van der Waals surface area contributed by atoms with Gasteiger partial charge in [0.05, 0.1) is 12.7 Å². The first kappa shape index (κ1) is 29.8. The molecule has 1 aromatic heterocycles. The van der Waals surface area contributed by atoms with Gasteiger partial charge in [0.25, 0.3) is 5.56 Å². The molecular weight excluding hydrogens is 519 g/mol. The molecule has 210 valence electrons. The van der Waals surface area contributed by atoms with Gasteiger partial charge < -0.3 is 29.5 Å². The Morgan fingerprint density at radius 1 is 1.29 bits per heavy atom. The van der Waals surface area contributed by atoms with E-state index in [0.717, 1.165) is 4.57 Å². The molecule has 0 aliphatic carbocycles. The van der Waals surface area contributed by atoms with E-state index in [1.54, 1.807) is 51.1 Å². The molecule has 14 heteroatoms. The molecule has 1 fully saturated rings. The average molecular weight is 555 g/mol. The normalized spacial score (nSPS) is 25.5. The molecule has 1 aliphatic rings. The summed E-state index contributed by atoms with van der Waals surface area (Å²) in [7, 11) is -4.25. The topological polar surface area (TPSA) is 170 Å². The SMILES string of the molecule is CCNc1nccn([C@@H]2O[C@H](CO[P@@](=O)(N[C@@H](C)C(=O)OC(C)C)Oc3ccccc3)[C@@H](O)[C@@]2(C)O)c1=O. The van der Waals surface area contributed by atoms with Gasteiger partial charge >= 0.3 is 13.7 Å². The molecule has 6 atom stereocenters. The zero-order valence-electron chi connectivity index (χ0n) is 21.9. The van der Waals surface area contributed by atoms with Crippen LogP contribution < -0.4 is 20.5 Å². The predicted molar refractivity (Wildman–Crippen MR) is 138 cm³/mol. The zero-order chi connectivity index (χ0) is 28.1. The van der Waals surface area contributed by atoms with E-state index in [1.807, 2.05) is 0 Å². The molecule has 3 rings (SSSR count). The molecule has 1 saturated heterocycles. The number of benzene rings is 1. The summed E-state index contributed by atoms with van der Waals surface area (Å²) >= 11 is 0. The largest absolute Gasteiger partial charge is 0.462 e. The van der Waals surface area contributed by atoms with Crippen LogP contribution in [0, 0.1) is 0 Å². The fraction of sp³-hybridized carbons (Fsp3) is 0.542. The van der Waals surface area contributed by atoms with Gasteiger partial charge in [-0.05, 0) is 46.8 Å². The van der Waals surface area contributed by atoms with E-state index in [2.05, 4.69) is 15.4 Å². The molecule has 4 N–H and O–H groups in total. The number of rotatable bonds is 12. The van der Waals surface area contributed by atoms with Crippen LogP contribution in [0.5, 0.6) is 5.75 Å². The molecule has 2 aromatic rings. The molecular formula is C24H35N4O9P. The van der Waals surface area contributed by atoms with E-state index < -0.39 is 62.1 Å². The van der Waals surface area contributed by atoms with Gasteiger partial charge in [0.15, 0.2) is 12.0 Å². The Labute approximate surface area is 220 Å². The molecule has 0 saturated carbocycles. The minimum absolute atomic E-state index is 0.0517. The Bertz CT molecular complexity index is 1190. The summed E-state index contributed by atoms with van der Waals surface area (Å²) in [6, 6.07) is 7.09. The van der Waals surface area contributed by atoms with Crippen molar-refractivity contribution in [2.75, 3.05) is 18.5 Å². The first-order chi connectivity index (χ1) is 17.9. The fourth-order valence-corrected chi connectivity index (χ4v) is 5.28. The predicted octanol–water partition coefficient (Wildman–Crippen LogP) is 1.82. The summed E-state index contributed by atoms with van der Waals surface area (Å²) in [6.07, 6.45) is -1.77. The van der Waals surface area contributed by atoms with E-state index in [9.17, 15) is 24.4 Å². The minimum atomic E-state index is -4.25. The van der Waals surface area contributed by atoms with Crippen molar-refractivity contribution in [3.63, 3.8) is 0 Å². The van der Waals surface area contributed by atoms with Crippen molar-refractivity contribution in [3.8, 4) is 5.75 Å². The highest BCUT2D eigenvalue weighted by Crippen LogP contribution is 2.46. The zero-order valence-corrected chi connectivity index (χ0v) is 22.8. The second kappa shape index (κ2) is 12.4. The first-order valence-corrected chi connectivity index (χ1v) is 13.8. The van der Waals surface area contributed by atoms with E-state index in [0.29, 0.717) is 6.54 Å². The average Bonchev–Trinajstić information content (AvgIpc) is 3.07. The Hall–Kier alpha value is -2.80. The lowest BCUT2D eigenvalue weighted by molar-refractivity contribution is -0.149. The third kappa shape index (κ3) is 6.99. The van der Waals surface area contributed by atoms with Gasteiger partial charge in [0.2, 0.25) is 0 Å². The summed E-state index contributed by atoms with van der Waals surface area (Å²) in [5.41, 5.74) is -2.49. The van der Waals surface area contributed by atoms with E-state index in [-0.39, 0.29) is 11.6 Å². The first-order valence-electron chi connectivity index (χ1n) is 12.2. The second-order valence-corrected chi connectivity index (χ2v) is 10.9. The van der Waals surface area contributed by atoms with Crippen molar-refractivity contribution < 1.29 is 38.1 Å². The number of esters is 1. The van der Waals surface area contributed by atoms with Crippen molar-refractivity contribution in [2.45, 2.75) is 70.8 Å². The molecule has 2 heterocycles. The van der Waals surface area contributed by atoms with E-state index in [4.69, 9.17) is 18.5 Å². The number of hydrogen-bond acceptors (Lipinski definition) is 11. The van der Waals surface area contributed by atoms with Crippen molar-refractivity contribution in [1.29, 1.82) is 0 Å². The third-order valence-electron chi connectivity index (χ3n) is 5.65. The van der Waals surface area contributed by atoms with Crippen LogP contribution in [0.25, 0.3) is 0 Å². The molecule has 13 nitrogen and oxygen atoms in total. The van der Waals surface area contributed by atoms with E-state index in [1.165, 1.54) is 26.2 Å². The van der Waals surface area contributed by atoms with Gasteiger partial charge in [-0.1, -0.05) is 18.2 Å². The van der Waals surface area contributed by atoms with Crippen molar-refractivity contribution in [2.24, 2.45) is 0 Å². The van der Waals surface area contributed by atoms with Crippen LogP contribution >= 0.6 is 7.75 Å². The number of carbonyl (C=O) groups excluding carboxylic acids is 1. The maximum absolute atomic E-state index is 13.7. The Morgan fingerprint density at radius 3 is 2.61 bits per heavy atom. The number of ether oxygens (including phenoxy) is 2. The van der Waals surface area contributed by atoms with Crippen LogP contribution in [0.3, 0.4) is 0 Å². The molecule has 0 unspecified atom stereocenters. The van der Waals surface area contributed by atoms with E-state index >= 15 is 0 Å². The molecule has 0 bridgehead atoms. The van der Waals surface area contributed by atoms with Crippen LogP contribution in [-0.4, -0.2) is 68.8 Å². The smallest absolute Gasteiger partial charge is 0.459 e. The number of aliphatic hydroxyl groups excluding tert-OH is 1. The standard InChI is InChI=1S/C24H35N4O9P/c1-6-25-20-21(30)28(13-12-26-20)23-24(5,32)19(29)18(36-23)14-34-38(33,37-17-10-8-7-9-11-17)27-16(4)22(31)35-15(2)3/h7-13,15-16,18-19,23,29,32H,6,14H2,1-5H3,(H,25,26)(H,27,33)/t16-,18+,19+,23+,24+,38-/m0/s1. The summed E-state index contributed by atoms with van der Waals surface area (Å²) in [4.78, 5) is 29.2. The summed E-state index contributed by atoms with van der Waals surface area (Å²) < 4.78 is 37.0. The molecule has 0 spiro atoms. The number of para-hydroxylation sites is 1. The molecule has 0 amide bonds. The van der Waals surface area contributed by atoms with Crippen LogP contribution in [0.2, 0.25) is 0 Å². The number of carbonyl (C=O) groups is 1. The molecule has 0 radical (unpaired) electrons. The number of anilines is 1. The summed E-state index contributed by atoms with van der Waals surface area (Å²) in [6.45, 7) is 7.83. The lowest BCUT2D eigenvalue weighted by Gasteiger charge is -2.28. The van der Waals surface area contributed by atoms with Crippen LogP contribution in [-0.2, 0) is 23.4 Å². The highest BCUT2D eigenvalue weighted by Gasteiger charge is 2.54. The summed E-state index contributed by atoms with van der Waals surface area (Å²) in [5.74, 6) is -0.421. The molecule has 1 aromatic carbocycles. The lowest BCUT2D eigenvalue weighted by Crippen LogP contribution is -2.46. The number of nitrogens with one attached hydrogen (secondary N) is 2. The van der Waals surface area contributed by atoms with Gasteiger partial charge in [-0.25, -0.2) is 9.55 Å². The van der Waals surface area contributed by atoms with Crippen LogP contribution in [0.1, 0.15) is 40.8 Å². The molecule has 1 aliphatic heterocycles. The van der Waals surface area contributed by atoms with Crippen molar-refractivity contribution >= 4 is 19.5 Å². The quantitative estimate of drug-likeness (QED) is 0.222. The number of aliphatic hydroxyl groups is 2. The van der Waals surface area contributed by atoms with Gasteiger partial charge in [-0.3, -0.25) is 18.7 Å². The monoisotopic (exact) mass is 554 g/mol. The Morgan fingerprint density at radius 2 is 1.97 bits per heavy atom. The van der Waals surface area contributed by atoms with Gasteiger partial charge in [0, 0.05) is 18.9 Å². The second-order valence-electron chi connectivity index (χ2n) is 9.25. The Kier molecular flexibility index (Phi) is 9.69. The summed E-state index contributed by atoms with van der Waals surface area (Å²) in [5, 5.41) is 27.3. The highest BCUT2D eigenvalue weighted by molar-refractivity contribution is 7.52. The third-order valence-corrected chi connectivity index (χ3v) is 7.30. The van der Waals surface area contributed by atoms with Crippen LogP contribution in [0.4, 0.5) is 5.82 Å². The maximum atomic E-state index is 13.7. The van der Waals surface area contributed by atoms with Gasteiger partial charge in [0.1, 0.15) is 29.6 Å². The fourth-order valence-electron chi connectivity index (χ4n) is 3.78. The van der Waals surface area contributed by atoms with Gasteiger partial charge in [-0.2, -0.15) is 5.09 Å². The highest BCUT2D eigenvalue weighted by atomic mass is 31.2. The molecule has 38 heavy (non-hydrogen) atoms. The van der Waals surface area contributed by atoms with Crippen molar-refractivity contribution in [3.05, 3.63) is 53.1 Å².